The molecular formula is C14H22Cl3FN2. The Hall–Kier alpha value is -0.0600. The molecule has 1 N–H and O–H groups in total. The average Bonchev–Trinajstić information content (AvgIpc) is 2.38. The molecule has 0 bridgehead atoms. The second kappa shape index (κ2) is 9.80. The van der Waals surface area contributed by atoms with Crippen molar-refractivity contribution < 1.29 is 4.39 Å². The summed E-state index contributed by atoms with van der Waals surface area (Å²) in [4.78, 5) is 2.44. The van der Waals surface area contributed by atoms with Crippen molar-refractivity contribution >= 4 is 36.4 Å². The van der Waals surface area contributed by atoms with Crippen LogP contribution in [0.15, 0.2) is 18.2 Å². The van der Waals surface area contributed by atoms with Crippen LogP contribution in [0.1, 0.15) is 31.4 Å². The first-order valence-corrected chi connectivity index (χ1v) is 7.00. The maximum absolute atomic E-state index is 13.1. The largest absolute Gasteiger partial charge is 0.314 e. The minimum atomic E-state index is -0.265. The molecule has 2 rings (SSSR count). The Kier molecular flexibility index (Phi) is 9.77. The fourth-order valence-corrected chi connectivity index (χ4v) is 2.87. The van der Waals surface area contributed by atoms with Gasteiger partial charge in [0.1, 0.15) is 5.82 Å². The van der Waals surface area contributed by atoms with Gasteiger partial charge in [0.15, 0.2) is 0 Å². The van der Waals surface area contributed by atoms with E-state index >= 15 is 0 Å². The standard InChI is InChI=1S/C14H20ClFN2.2ClH/c1-2-3-14(18-8-6-17-7-9-18)12-5-4-11(16)10-13(12)15;;/h4-5,10,14,17H,2-3,6-9H2,1H3;2*1H/t14-;;/m0../s1. The summed E-state index contributed by atoms with van der Waals surface area (Å²) in [5, 5.41) is 3.90. The molecule has 0 saturated carbocycles. The van der Waals surface area contributed by atoms with E-state index in [4.69, 9.17) is 11.6 Å². The Labute approximate surface area is 137 Å². The van der Waals surface area contributed by atoms with Crippen molar-refractivity contribution in [2.75, 3.05) is 26.2 Å². The number of piperazine rings is 1. The zero-order valence-electron chi connectivity index (χ0n) is 11.6. The Morgan fingerprint density at radius 1 is 1.30 bits per heavy atom. The van der Waals surface area contributed by atoms with Crippen LogP contribution in [0, 0.1) is 5.82 Å². The van der Waals surface area contributed by atoms with Crippen LogP contribution in [0.25, 0.3) is 0 Å². The molecule has 6 heteroatoms. The molecule has 1 aliphatic rings. The van der Waals surface area contributed by atoms with Crippen molar-refractivity contribution in [1.82, 2.24) is 10.2 Å². The highest BCUT2D eigenvalue weighted by molar-refractivity contribution is 6.31. The molecule has 1 saturated heterocycles. The van der Waals surface area contributed by atoms with E-state index in [1.807, 2.05) is 6.07 Å². The van der Waals surface area contributed by atoms with E-state index in [0.717, 1.165) is 44.6 Å². The molecule has 0 aromatic heterocycles. The van der Waals surface area contributed by atoms with E-state index in [9.17, 15) is 4.39 Å². The summed E-state index contributed by atoms with van der Waals surface area (Å²) in [6.45, 7) is 6.25. The Morgan fingerprint density at radius 2 is 1.95 bits per heavy atom. The van der Waals surface area contributed by atoms with E-state index in [0.29, 0.717) is 11.1 Å². The molecule has 1 aromatic carbocycles. The van der Waals surface area contributed by atoms with Gasteiger partial charge in [-0.2, -0.15) is 0 Å². The predicted molar refractivity (Wildman–Crippen MR) is 88.0 cm³/mol. The van der Waals surface area contributed by atoms with Gasteiger partial charge in [-0.1, -0.05) is 31.0 Å². The van der Waals surface area contributed by atoms with E-state index in [2.05, 4.69) is 17.1 Å². The van der Waals surface area contributed by atoms with Crippen LogP contribution in [0.5, 0.6) is 0 Å². The SMILES string of the molecule is CCC[C@@H](c1ccc(F)cc1Cl)N1CCNCC1.Cl.Cl. The van der Waals surface area contributed by atoms with Crippen molar-refractivity contribution in [2.45, 2.75) is 25.8 Å². The normalized spacial score (nSPS) is 16.9. The topological polar surface area (TPSA) is 15.3 Å². The zero-order valence-corrected chi connectivity index (χ0v) is 14.0. The van der Waals surface area contributed by atoms with Gasteiger partial charge in [-0.15, -0.1) is 24.8 Å². The monoisotopic (exact) mass is 342 g/mol. The van der Waals surface area contributed by atoms with Crippen LogP contribution < -0.4 is 5.32 Å². The Morgan fingerprint density at radius 3 is 2.50 bits per heavy atom. The van der Waals surface area contributed by atoms with Crippen LogP contribution in [0.3, 0.4) is 0 Å². The van der Waals surface area contributed by atoms with Crippen LogP contribution in [0.4, 0.5) is 4.39 Å². The van der Waals surface area contributed by atoms with Gasteiger partial charge in [0.2, 0.25) is 0 Å². The smallest absolute Gasteiger partial charge is 0.124 e. The predicted octanol–water partition coefficient (Wildman–Crippen LogP) is 4.07. The molecule has 0 unspecified atom stereocenters. The quantitative estimate of drug-likeness (QED) is 0.886. The lowest BCUT2D eigenvalue weighted by atomic mass is 9.99. The lowest BCUT2D eigenvalue weighted by Gasteiger charge is -2.35. The summed E-state index contributed by atoms with van der Waals surface area (Å²) in [6.07, 6.45) is 2.16. The van der Waals surface area contributed by atoms with Gasteiger partial charge in [-0.05, 0) is 24.1 Å². The van der Waals surface area contributed by atoms with E-state index in [-0.39, 0.29) is 30.6 Å². The number of halogens is 4. The van der Waals surface area contributed by atoms with E-state index < -0.39 is 0 Å². The van der Waals surface area contributed by atoms with Gasteiger partial charge >= 0.3 is 0 Å². The van der Waals surface area contributed by atoms with Gasteiger partial charge in [-0.25, -0.2) is 4.39 Å². The number of benzene rings is 1. The fourth-order valence-electron chi connectivity index (χ4n) is 2.57. The molecule has 0 spiro atoms. The third kappa shape index (κ3) is 5.05. The van der Waals surface area contributed by atoms with Crippen molar-refractivity contribution in [3.05, 3.63) is 34.6 Å². The van der Waals surface area contributed by atoms with Crippen molar-refractivity contribution in [3.8, 4) is 0 Å². The maximum Gasteiger partial charge on any atom is 0.124 e. The molecule has 0 aliphatic carbocycles. The van der Waals surface area contributed by atoms with Crippen LogP contribution in [0.2, 0.25) is 5.02 Å². The fraction of sp³-hybridized carbons (Fsp3) is 0.571. The summed E-state index contributed by atoms with van der Waals surface area (Å²) in [5.41, 5.74) is 1.06. The first-order valence-electron chi connectivity index (χ1n) is 6.62. The van der Waals surface area contributed by atoms with E-state index in [1.54, 1.807) is 0 Å². The van der Waals surface area contributed by atoms with Gasteiger partial charge in [0.05, 0.1) is 0 Å². The second-order valence-electron chi connectivity index (χ2n) is 4.76. The number of nitrogens with zero attached hydrogens (tertiary/aromatic N) is 1. The Bertz CT molecular complexity index is 398. The van der Waals surface area contributed by atoms with Gasteiger partial charge < -0.3 is 5.32 Å². The third-order valence-corrected chi connectivity index (χ3v) is 3.80. The van der Waals surface area contributed by atoms with Crippen molar-refractivity contribution in [2.24, 2.45) is 0 Å². The lowest BCUT2D eigenvalue weighted by Crippen LogP contribution is -2.45. The third-order valence-electron chi connectivity index (χ3n) is 3.48. The van der Waals surface area contributed by atoms with E-state index in [1.165, 1.54) is 12.1 Å². The highest BCUT2D eigenvalue weighted by Gasteiger charge is 2.23. The average molecular weight is 344 g/mol. The summed E-state index contributed by atoms with van der Waals surface area (Å²) in [5.74, 6) is -0.265. The molecule has 1 atom stereocenters. The summed E-state index contributed by atoms with van der Waals surface area (Å²) >= 11 is 6.20. The zero-order chi connectivity index (χ0) is 13.0. The van der Waals surface area contributed by atoms with Gasteiger partial charge in [0, 0.05) is 37.2 Å². The molecule has 1 heterocycles. The molecule has 116 valence electrons. The molecule has 1 aromatic rings. The molecule has 0 amide bonds. The summed E-state index contributed by atoms with van der Waals surface area (Å²) < 4.78 is 13.1. The van der Waals surface area contributed by atoms with Crippen LogP contribution in [-0.4, -0.2) is 31.1 Å². The van der Waals surface area contributed by atoms with Crippen LogP contribution in [-0.2, 0) is 0 Å². The van der Waals surface area contributed by atoms with Crippen molar-refractivity contribution in [1.29, 1.82) is 0 Å². The van der Waals surface area contributed by atoms with Gasteiger partial charge in [-0.3, -0.25) is 4.90 Å². The summed E-state index contributed by atoms with van der Waals surface area (Å²) in [7, 11) is 0. The second-order valence-corrected chi connectivity index (χ2v) is 5.16. The molecule has 2 nitrogen and oxygen atoms in total. The van der Waals surface area contributed by atoms with Crippen LogP contribution >= 0.6 is 36.4 Å². The number of rotatable bonds is 4. The number of hydrogen-bond donors (Lipinski definition) is 1. The highest BCUT2D eigenvalue weighted by atomic mass is 35.5. The molecule has 1 fully saturated rings. The highest BCUT2D eigenvalue weighted by Crippen LogP contribution is 2.31. The Balaban J connectivity index is 0.00000180. The maximum atomic E-state index is 13.1. The minimum absolute atomic E-state index is 0. The lowest BCUT2D eigenvalue weighted by molar-refractivity contribution is 0.164. The first-order chi connectivity index (χ1) is 8.72. The van der Waals surface area contributed by atoms with Gasteiger partial charge in [0.25, 0.3) is 0 Å². The summed E-state index contributed by atoms with van der Waals surface area (Å²) in [6, 6.07) is 5.07. The molecular weight excluding hydrogens is 322 g/mol. The molecule has 1 aliphatic heterocycles. The number of nitrogens with one attached hydrogen (secondary N) is 1. The minimum Gasteiger partial charge on any atom is -0.314 e. The number of hydrogen-bond acceptors (Lipinski definition) is 2. The molecule has 20 heavy (non-hydrogen) atoms. The first kappa shape index (κ1) is 19.9. The molecule has 0 radical (unpaired) electrons. The van der Waals surface area contributed by atoms with Crippen molar-refractivity contribution in [3.63, 3.8) is 0 Å².